The van der Waals surface area contributed by atoms with E-state index in [1.54, 1.807) is 0 Å². The van der Waals surface area contributed by atoms with Gasteiger partial charge in [0.25, 0.3) is 0 Å². The molecule has 0 spiro atoms. The summed E-state index contributed by atoms with van der Waals surface area (Å²) in [6.45, 7) is 0. The summed E-state index contributed by atoms with van der Waals surface area (Å²) in [5.74, 6) is -0.612. The number of carbonyl (C=O) groups excluding carboxylic acids is 2. The zero-order valence-electron chi connectivity index (χ0n) is 10.4. The van der Waals surface area contributed by atoms with E-state index in [1.165, 1.54) is 31.4 Å². The van der Waals surface area contributed by atoms with Crippen LogP contribution in [0.3, 0.4) is 0 Å². The molecule has 1 aromatic rings. The van der Waals surface area contributed by atoms with Crippen LogP contribution in [0.5, 0.6) is 0 Å². The maximum absolute atomic E-state index is 11.0. The van der Waals surface area contributed by atoms with Crippen LogP contribution >= 0.6 is 0 Å². The Morgan fingerprint density at radius 1 is 1.32 bits per heavy atom. The molecule has 5 N–H and O–H groups in total. The second-order valence-electron chi connectivity index (χ2n) is 3.90. The Hall–Kier alpha value is -2.12. The van der Waals surface area contributed by atoms with Crippen molar-refractivity contribution in [1.82, 2.24) is 0 Å². The fraction of sp³-hybridized carbons (Fsp3) is 0.333. The van der Waals surface area contributed by atoms with E-state index in [4.69, 9.17) is 5.73 Å². The minimum Gasteiger partial charge on any atom is -0.469 e. The van der Waals surface area contributed by atoms with Gasteiger partial charge in [0, 0.05) is 5.69 Å². The van der Waals surface area contributed by atoms with Gasteiger partial charge in [0.05, 0.1) is 19.6 Å². The van der Waals surface area contributed by atoms with Gasteiger partial charge < -0.3 is 26.0 Å². The molecule has 0 heterocycles. The van der Waals surface area contributed by atoms with Gasteiger partial charge in [-0.3, -0.25) is 4.79 Å². The van der Waals surface area contributed by atoms with Gasteiger partial charge in [0.15, 0.2) is 0 Å². The van der Waals surface area contributed by atoms with Gasteiger partial charge in [-0.2, -0.15) is 0 Å². The number of anilines is 1. The SMILES string of the molecule is COC(=O)CC(O)C(O)c1ccc(NC(N)=O)cc1. The van der Waals surface area contributed by atoms with Crippen molar-refractivity contribution in [2.75, 3.05) is 12.4 Å². The van der Waals surface area contributed by atoms with Gasteiger partial charge in [0.1, 0.15) is 6.10 Å². The van der Waals surface area contributed by atoms with Gasteiger partial charge in [-0.05, 0) is 17.7 Å². The van der Waals surface area contributed by atoms with Gasteiger partial charge in [-0.1, -0.05) is 12.1 Å². The van der Waals surface area contributed by atoms with Crippen molar-refractivity contribution in [2.45, 2.75) is 18.6 Å². The molecule has 1 aromatic carbocycles. The number of hydrogen-bond acceptors (Lipinski definition) is 5. The number of amides is 2. The molecule has 104 valence electrons. The van der Waals surface area contributed by atoms with E-state index in [1.807, 2.05) is 0 Å². The van der Waals surface area contributed by atoms with Crippen LogP contribution < -0.4 is 11.1 Å². The Labute approximate surface area is 110 Å². The zero-order valence-corrected chi connectivity index (χ0v) is 10.4. The lowest BCUT2D eigenvalue weighted by Gasteiger charge is -2.17. The fourth-order valence-electron chi connectivity index (χ4n) is 1.49. The van der Waals surface area contributed by atoms with Crippen LogP contribution in [0.4, 0.5) is 10.5 Å². The minimum atomic E-state index is -1.26. The highest BCUT2D eigenvalue weighted by Crippen LogP contribution is 2.21. The number of carbonyl (C=O) groups is 2. The van der Waals surface area contributed by atoms with Crippen molar-refractivity contribution in [3.05, 3.63) is 29.8 Å². The van der Waals surface area contributed by atoms with Crippen LogP contribution in [-0.4, -0.2) is 35.4 Å². The van der Waals surface area contributed by atoms with Crippen LogP contribution in [0, 0.1) is 0 Å². The molecule has 0 saturated carbocycles. The lowest BCUT2D eigenvalue weighted by atomic mass is 10.0. The molecule has 1 rings (SSSR count). The molecule has 2 atom stereocenters. The summed E-state index contributed by atoms with van der Waals surface area (Å²) in [6.07, 6.45) is -2.79. The molecule has 2 unspecified atom stereocenters. The maximum atomic E-state index is 11.0. The molecule has 0 bridgehead atoms. The number of hydrogen-bond donors (Lipinski definition) is 4. The Balaban J connectivity index is 2.69. The molecule has 0 aliphatic rings. The second-order valence-corrected chi connectivity index (χ2v) is 3.90. The van der Waals surface area contributed by atoms with E-state index in [0.29, 0.717) is 11.3 Å². The number of aliphatic hydroxyl groups excluding tert-OH is 2. The van der Waals surface area contributed by atoms with E-state index in [2.05, 4.69) is 10.1 Å². The number of urea groups is 1. The zero-order chi connectivity index (χ0) is 14.4. The Morgan fingerprint density at radius 2 is 1.89 bits per heavy atom. The lowest BCUT2D eigenvalue weighted by Crippen LogP contribution is -2.22. The standard InChI is InChI=1S/C12H16N2O5/c1-19-10(16)6-9(15)11(17)7-2-4-8(5-3-7)14-12(13)18/h2-5,9,11,15,17H,6H2,1H3,(H3,13,14,18). The highest BCUT2D eigenvalue weighted by molar-refractivity contribution is 5.87. The number of rotatable bonds is 5. The summed E-state index contributed by atoms with van der Waals surface area (Å²) in [4.78, 5) is 21.6. The molecule has 7 nitrogen and oxygen atoms in total. The van der Waals surface area contributed by atoms with Crippen LogP contribution in [-0.2, 0) is 9.53 Å². The number of ether oxygens (including phenoxy) is 1. The Kier molecular flexibility index (Phi) is 5.28. The first-order chi connectivity index (χ1) is 8.93. The summed E-state index contributed by atoms with van der Waals surface area (Å²) in [5.41, 5.74) is 5.82. The number of nitrogens with one attached hydrogen (secondary N) is 1. The van der Waals surface area contributed by atoms with Gasteiger partial charge in [-0.15, -0.1) is 0 Å². The Bertz CT molecular complexity index is 446. The van der Waals surface area contributed by atoms with Crippen molar-refractivity contribution in [3.8, 4) is 0 Å². The molecule has 19 heavy (non-hydrogen) atoms. The van der Waals surface area contributed by atoms with Crippen molar-refractivity contribution in [3.63, 3.8) is 0 Å². The van der Waals surface area contributed by atoms with Gasteiger partial charge in [-0.25, -0.2) is 4.79 Å². The fourth-order valence-corrected chi connectivity index (χ4v) is 1.49. The molecule has 7 heteroatoms. The van der Waals surface area contributed by atoms with Crippen LogP contribution in [0.2, 0.25) is 0 Å². The summed E-state index contributed by atoms with van der Waals surface area (Å²) in [5, 5.41) is 21.8. The molecule has 0 aliphatic heterocycles. The third-order valence-electron chi connectivity index (χ3n) is 2.49. The first-order valence-electron chi connectivity index (χ1n) is 5.53. The average molecular weight is 268 g/mol. The van der Waals surface area contributed by atoms with Crippen LogP contribution in [0.1, 0.15) is 18.1 Å². The topological polar surface area (TPSA) is 122 Å². The highest BCUT2D eigenvalue weighted by Gasteiger charge is 2.21. The summed E-state index contributed by atoms with van der Waals surface area (Å²) < 4.78 is 4.40. The lowest BCUT2D eigenvalue weighted by molar-refractivity contribution is -0.144. The third kappa shape index (κ3) is 4.57. The van der Waals surface area contributed by atoms with Gasteiger partial charge in [0.2, 0.25) is 0 Å². The number of esters is 1. The largest absolute Gasteiger partial charge is 0.469 e. The number of methoxy groups -OCH3 is 1. The molecule has 0 aromatic heterocycles. The molecule has 0 saturated heterocycles. The maximum Gasteiger partial charge on any atom is 0.316 e. The number of nitrogens with two attached hydrogens (primary N) is 1. The van der Waals surface area contributed by atoms with Crippen molar-refractivity contribution < 1.29 is 24.5 Å². The number of primary amides is 1. The first kappa shape index (κ1) is 14.9. The third-order valence-corrected chi connectivity index (χ3v) is 2.49. The molecule has 0 fully saturated rings. The van der Waals surface area contributed by atoms with E-state index in [9.17, 15) is 19.8 Å². The number of benzene rings is 1. The molecular weight excluding hydrogens is 252 g/mol. The molecule has 0 radical (unpaired) electrons. The highest BCUT2D eigenvalue weighted by atomic mass is 16.5. The monoisotopic (exact) mass is 268 g/mol. The quantitative estimate of drug-likeness (QED) is 0.566. The van der Waals surface area contributed by atoms with Crippen LogP contribution in [0.25, 0.3) is 0 Å². The summed E-state index contributed by atoms with van der Waals surface area (Å²) in [7, 11) is 1.20. The second kappa shape index (κ2) is 6.72. The van der Waals surface area contributed by atoms with Crippen molar-refractivity contribution in [1.29, 1.82) is 0 Å². The molecule has 2 amide bonds. The van der Waals surface area contributed by atoms with E-state index in [-0.39, 0.29) is 6.42 Å². The van der Waals surface area contributed by atoms with Crippen molar-refractivity contribution >= 4 is 17.7 Å². The van der Waals surface area contributed by atoms with E-state index < -0.39 is 24.2 Å². The van der Waals surface area contributed by atoms with E-state index in [0.717, 1.165) is 0 Å². The Morgan fingerprint density at radius 3 is 2.37 bits per heavy atom. The predicted octanol–water partition coefficient (Wildman–Crippen LogP) is 0.135. The normalized spacial score (nSPS) is 13.4. The van der Waals surface area contributed by atoms with Crippen molar-refractivity contribution in [2.24, 2.45) is 5.73 Å². The van der Waals surface area contributed by atoms with Crippen LogP contribution in [0.15, 0.2) is 24.3 Å². The van der Waals surface area contributed by atoms with Gasteiger partial charge >= 0.3 is 12.0 Å². The van der Waals surface area contributed by atoms with E-state index >= 15 is 0 Å². The minimum absolute atomic E-state index is 0.307. The molecular formula is C12H16N2O5. The first-order valence-corrected chi connectivity index (χ1v) is 5.53. The summed E-state index contributed by atoms with van der Waals surface area (Å²) in [6, 6.07) is 5.37. The number of aliphatic hydroxyl groups is 2. The smallest absolute Gasteiger partial charge is 0.316 e. The summed E-state index contributed by atoms with van der Waals surface area (Å²) >= 11 is 0. The average Bonchev–Trinajstić information content (AvgIpc) is 2.37. The molecule has 0 aliphatic carbocycles. The predicted molar refractivity (Wildman–Crippen MR) is 67.2 cm³/mol.